The topological polar surface area (TPSA) is 80.4 Å². The Morgan fingerprint density at radius 2 is 2.12 bits per heavy atom. The summed E-state index contributed by atoms with van der Waals surface area (Å²) in [5.41, 5.74) is 2.01. The van der Waals surface area contributed by atoms with Gasteiger partial charge >= 0.3 is 11.7 Å². The molecule has 26 heavy (non-hydrogen) atoms. The molecule has 1 aliphatic rings. The van der Waals surface area contributed by atoms with Crippen LogP contribution in [0.4, 0.5) is 10.5 Å². The van der Waals surface area contributed by atoms with Crippen LogP contribution in [0.3, 0.4) is 0 Å². The van der Waals surface area contributed by atoms with Gasteiger partial charge in [-0.2, -0.15) is 0 Å². The summed E-state index contributed by atoms with van der Waals surface area (Å²) in [6.45, 7) is 2.37. The van der Waals surface area contributed by atoms with Gasteiger partial charge in [0.1, 0.15) is 0 Å². The summed E-state index contributed by atoms with van der Waals surface area (Å²) >= 11 is 0. The fraction of sp³-hybridized carbons (Fsp3) is 0.316. The standard InChI is InChI=1S/C19H21N5O2/c1-13(15-8-9-15)20-18(25)21-16-6-4-5-14(11-16)12-24-19(26)23-10-3-2-7-17(23)22-24/h2-7,10-11,13,15H,8-9,12H2,1H3,(H2,20,21,25). The van der Waals surface area contributed by atoms with E-state index in [1.54, 1.807) is 18.3 Å². The highest BCUT2D eigenvalue weighted by molar-refractivity contribution is 5.89. The van der Waals surface area contributed by atoms with Crippen molar-refractivity contribution in [1.29, 1.82) is 0 Å². The fourth-order valence-electron chi connectivity index (χ4n) is 3.08. The van der Waals surface area contributed by atoms with Gasteiger partial charge in [-0.25, -0.2) is 14.3 Å². The molecule has 1 atom stereocenters. The monoisotopic (exact) mass is 351 g/mol. The van der Waals surface area contributed by atoms with Crippen LogP contribution in [-0.4, -0.2) is 26.3 Å². The molecule has 0 saturated heterocycles. The number of pyridine rings is 1. The van der Waals surface area contributed by atoms with Gasteiger partial charge in [-0.15, -0.1) is 5.10 Å². The molecule has 1 saturated carbocycles. The Balaban J connectivity index is 1.47. The number of rotatable bonds is 5. The molecule has 1 unspecified atom stereocenters. The number of benzene rings is 1. The Kier molecular flexibility index (Phi) is 4.20. The molecule has 0 radical (unpaired) electrons. The van der Waals surface area contributed by atoms with Gasteiger partial charge in [0.15, 0.2) is 5.65 Å². The number of urea groups is 1. The lowest BCUT2D eigenvalue weighted by Crippen LogP contribution is -2.37. The highest BCUT2D eigenvalue weighted by atomic mass is 16.2. The van der Waals surface area contributed by atoms with Gasteiger partial charge < -0.3 is 10.6 Å². The van der Waals surface area contributed by atoms with Crippen molar-refractivity contribution in [2.75, 3.05) is 5.32 Å². The predicted octanol–water partition coefficient (Wildman–Crippen LogP) is 2.46. The minimum atomic E-state index is -0.202. The number of hydrogen-bond acceptors (Lipinski definition) is 3. The number of aromatic nitrogens is 3. The zero-order valence-corrected chi connectivity index (χ0v) is 14.6. The van der Waals surface area contributed by atoms with E-state index in [1.165, 1.54) is 21.9 Å². The van der Waals surface area contributed by atoms with Crippen LogP contribution < -0.4 is 16.3 Å². The molecule has 2 heterocycles. The summed E-state index contributed by atoms with van der Waals surface area (Å²) in [6, 6.07) is 12.9. The van der Waals surface area contributed by atoms with Crippen molar-refractivity contribution in [2.24, 2.45) is 5.92 Å². The van der Waals surface area contributed by atoms with E-state index in [9.17, 15) is 9.59 Å². The number of fused-ring (bicyclic) bond motifs is 1. The molecule has 2 amide bonds. The van der Waals surface area contributed by atoms with Crippen molar-refractivity contribution in [3.63, 3.8) is 0 Å². The Labute approximate surface area is 150 Å². The van der Waals surface area contributed by atoms with E-state index in [0.29, 0.717) is 23.8 Å². The van der Waals surface area contributed by atoms with E-state index in [4.69, 9.17) is 0 Å². The van der Waals surface area contributed by atoms with Gasteiger partial charge in [0.25, 0.3) is 0 Å². The third-order valence-electron chi connectivity index (χ3n) is 4.69. The van der Waals surface area contributed by atoms with E-state index < -0.39 is 0 Å². The van der Waals surface area contributed by atoms with Gasteiger partial charge in [-0.05, 0) is 55.5 Å². The fourth-order valence-corrected chi connectivity index (χ4v) is 3.08. The van der Waals surface area contributed by atoms with E-state index in [-0.39, 0.29) is 17.8 Å². The molecule has 1 fully saturated rings. The van der Waals surface area contributed by atoms with Gasteiger partial charge in [-0.1, -0.05) is 18.2 Å². The second-order valence-corrected chi connectivity index (χ2v) is 6.79. The first kappa shape index (κ1) is 16.4. The van der Waals surface area contributed by atoms with Crippen molar-refractivity contribution in [2.45, 2.75) is 32.4 Å². The highest BCUT2D eigenvalue weighted by Gasteiger charge is 2.28. The maximum Gasteiger partial charge on any atom is 0.350 e. The van der Waals surface area contributed by atoms with Crippen LogP contribution in [0.25, 0.3) is 5.65 Å². The average Bonchev–Trinajstić information content (AvgIpc) is 3.42. The number of nitrogens with zero attached hydrogens (tertiary/aromatic N) is 3. The second kappa shape index (κ2) is 6.67. The molecule has 0 spiro atoms. The van der Waals surface area contributed by atoms with Crippen molar-refractivity contribution in [3.8, 4) is 0 Å². The van der Waals surface area contributed by atoms with Crippen LogP contribution in [0.1, 0.15) is 25.3 Å². The molecule has 0 aliphatic heterocycles. The summed E-state index contributed by atoms with van der Waals surface area (Å²) < 4.78 is 2.93. The lowest BCUT2D eigenvalue weighted by Gasteiger charge is -2.14. The number of hydrogen-bond donors (Lipinski definition) is 2. The van der Waals surface area contributed by atoms with Crippen LogP contribution in [0, 0.1) is 5.92 Å². The number of anilines is 1. The molecule has 2 N–H and O–H groups in total. The predicted molar refractivity (Wildman–Crippen MR) is 99.3 cm³/mol. The second-order valence-electron chi connectivity index (χ2n) is 6.79. The quantitative estimate of drug-likeness (QED) is 0.741. The minimum absolute atomic E-state index is 0.185. The summed E-state index contributed by atoms with van der Waals surface area (Å²) in [5, 5.41) is 10.2. The summed E-state index contributed by atoms with van der Waals surface area (Å²) in [6.07, 6.45) is 4.07. The molecule has 3 aromatic rings. The van der Waals surface area contributed by atoms with Crippen LogP contribution >= 0.6 is 0 Å². The van der Waals surface area contributed by atoms with Gasteiger partial charge in [0.05, 0.1) is 6.54 Å². The first-order chi connectivity index (χ1) is 12.6. The number of nitrogens with one attached hydrogen (secondary N) is 2. The zero-order chi connectivity index (χ0) is 18.1. The Morgan fingerprint density at radius 3 is 2.88 bits per heavy atom. The largest absolute Gasteiger partial charge is 0.350 e. The zero-order valence-electron chi connectivity index (χ0n) is 14.6. The van der Waals surface area contributed by atoms with Gasteiger partial charge in [-0.3, -0.25) is 4.40 Å². The van der Waals surface area contributed by atoms with Gasteiger partial charge in [0.2, 0.25) is 0 Å². The Morgan fingerprint density at radius 1 is 1.27 bits per heavy atom. The number of carbonyl (C=O) groups is 1. The summed E-state index contributed by atoms with van der Waals surface area (Å²) in [5.74, 6) is 0.606. The van der Waals surface area contributed by atoms with E-state index in [1.807, 2.05) is 37.3 Å². The molecule has 1 aromatic carbocycles. The third kappa shape index (κ3) is 3.46. The van der Waals surface area contributed by atoms with Crippen LogP contribution in [0.15, 0.2) is 53.5 Å². The molecule has 0 bridgehead atoms. The van der Waals surface area contributed by atoms with Crippen molar-refractivity contribution >= 4 is 17.4 Å². The normalized spacial score (nSPS) is 15.0. The van der Waals surface area contributed by atoms with Crippen LogP contribution in [-0.2, 0) is 6.54 Å². The van der Waals surface area contributed by atoms with Crippen LogP contribution in [0.5, 0.6) is 0 Å². The maximum atomic E-state index is 12.4. The number of carbonyl (C=O) groups excluding carboxylic acids is 1. The lowest BCUT2D eigenvalue weighted by molar-refractivity contribution is 0.248. The molecule has 7 heteroatoms. The molecule has 1 aliphatic carbocycles. The van der Waals surface area contributed by atoms with Crippen LogP contribution in [0.2, 0.25) is 0 Å². The minimum Gasteiger partial charge on any atom is -0.335 e. The smallest absolute Gasteiger partial charge is 0.335 e. The Hall–Kier alpha value is -3.09. The van der Waals surface area contributed by atoms with Crippen molar-refractivity contribution < 1.29 is 4.79 Å². The molecule has 4 rings (SSSR count). The number of amides is 2. The SMILES string of the molecule is CC(NC(=O)Nc1cccc(Cn2nc3ccccn3c2=O)c1)C1CC1. The van der Waals surface area contributed by atoms with Gasteiger partial charge in [0, 0.05) is 17.9 Å². The highest BCUT2D eigenvalue weighted by Crippen LogP contribution is 2.32. The average molecular weight is 351 g/mol. The summed E-state index contributed by atoms with van der Waals surface area (Å²) in [4.78, 5) is 24.5. The first-order valence-electron chi connectivity index (χ1n) is 8.81. The summed E-state index contributed by atoms with van der Waals surface area (Å²) in [7, 11) is 0. The maximum absolute atomic E-state index is 12.4. The van der Waals surface area contributed by atoms with E-state index >= 15 is 0 Å². The van der Waals surface area contributed by atoms with E-state index in [2.05, 4.69) is 15.7 Å². The third-order valence-corrected chi connectivity index (χ3v) is 4.69. The molecule has 134 valence electrons. The molecule has 2 aromatic heterocycles. The molecule has 7 nitrogen and oxygen atoms in total. The Bertz CT molecular complexity index is 1000. The first-order valence-corrected chi connectivity index (χ1v) is 8.81. The molecular formula is C19H21N5O2. The van der Waals surface area contributed by atoms with Crippen molar-refractivity contribution in [3.05, 3.63) is 64.7 Å². The molecular weight excluding hydrogens is 330 g/mol. The lowest BCUT2D eigenvalue weighted by atomic mass is 10.2. The van der Waals surface area contributed by atoms with Crippen molar-refractivity contribution in [1.82, 2.24) is 19.5 Å². The van der Waals surface area contributed by atoms with E-state index in [0.717, 1.165) is 5.56 Å².